The summed E-state index contributed by atoms with van der Waals surface area (Å²) in [7, 11) is 1.69. The first-order valence-corrected chi connectivity index (χ1v) is 10.1. The van der Waals surface area contributed by atoms with Gasteiger partial charge in [0.2, 0.25) is 0 Å². The molecule has 0 spiro atoms. The molecule has 0 aromatic heterocycles. The molecule has 0 rings (SSSR count). The van der Waals surface area contributed by atoms with Crippen LogP contribution in [0.15, 0.2) is 0 Å². The van der Waals surface area contributed by atoms with Crippen molar-refractivity contribution in [2.45, 2.75) is 92.4 Å². The second-order valence-electron chi connectivity index (χ2n) is 7.76. The molecule has 0 saturated carbocycles. The third-order valence-corrected chi connectivity index (χ3v) is 5.06. The first-order chi connectivity index (χ1) is 11.5. The SMILES string of the molecule is CCCCC(CC)COC(=O)C(CCCC)(CCC(C)C)COC. The fourth-order valence-electron chi connectivity index (χ4n) is 3.13. The number of carbonyl (C=O) groups is 1. The third kappa shape index (κ3) is 9.05. The molecule has 0 bridgehead atoms. The molecule has 0 aromatic rings. The van der Waals surface area contributed by atoms with Gasteiger partial charge in [-0.1, -0.05) is 66.7 Å². The second kappa shape index (κ2) is 13.7. The standard InChI is InChI=1S/C21H42O3/c1-7-10-12-19(9-3)16-24-20(22)21(17-23-6,14-11-8-2)15-13-18(4)5/h18-19H,7-17H2,1-6H3. The highest BCUT2D eigenvalue weighted by molar-refractivity contribution is 5.77. The summed E-state index contributed by atoms with van der Waals surface area (Å²) in [6.07, 6.45) is 9.54. The Morgan fingerprint density at radius 2 is 1.67 bits per heavy atom. The van der Waals surface area contributed by atoms with Gasteiger partial charge < -0.3 is 9.47 Å². The maximum absolute atomic E-state index is 13.0. The number of hydrogen-bond donors (Lipinski definition) is 0. The minimum absolute atomic E-state index is 0.0339. The molecule has 0 aliphatic carbocycles. The van der Waals surface area contributed by atoms with E-state index in [4.69, 9.17) is 9.47 Å². The molecule has 0 aliphatic heterocycles. The summed E-state index contributed by atoms with van der Waals surface area (Å²) >= 11 is 0. The lowest BCUT2D eigenvalue weighted by Gasteiger charge is -2.32. The van der Waals surface area contributed by atoms with Gasteiger partial charge in [-0.3, -0.25) is 4.79 Å². The average Bonchev–Trinajstić information content (AvgIpc) is 2.57. The van der Waals surface area contributed by atoms with Crippen LogP contribution in [0.25, 0.3) is 0 Å². The van der Waals surface area contributed by atoms with E-state index in [9.17, 15) is 4.79 Å². The molecule has 2 unspecified atom stereocenters. The summed E-state index contributed by atoms with van der Waals surface area (Å²) in [4.78, 5) is 13.0. The van der Waals surface area contributed by atoms with E-state index >= 15 is 0 Å². The van der Waals surface area contributed by atoms with Crippen LogP contribution >= 0.6 is 0 Å². The lowest BCUT2D eigenvalue weighted by molar-refractivity contribution is -0.162. The summed E-state index contributed by atoms with van der Waals surface area (Å²) in [5.41, 5.74) is -0.460. The summed E-state index contributed by atoms with van der Waals surface area (Å²) in [5, 5.41) is 0. The lowest BCUT2D eigenvalue weighted by Crippen LogP contribution is -2.38. The topological polar surface area (TPSA) is 35.5 Å². The highest BCUT2D eigenvalue weighted by atomic mass is 16.5. The molecule has 0 fully saturated rings. The molecule has 0 aliphatic rings. The smallest absolute Gasteiger partial charge is 0.314 e. The van der Waals surface area contributed by atoms with E-state index in [1.54, 1.807) is 7.11 Å². The van der Waals surface area contributed by atoms with Crippen molar-refractivity contribution in [2.24, 2.45) is 17.3 Å². The quantitative estimate of drug-likeness (QED) is 0.342. The highest BCUT2D eigenvalue weighted by Crippen LogP contribution is 2.34. The molecule has 2 atom stereocenters. The normalized spacial score (nSPS) is 15.3. The lowest BCUT2D eigenvalue weighted by atomic mass is 9.77. The zero-order chi connectivity index (χ0) is 18.4. The summed E-state index contributed by atoms with van der Waals surface area (Å²) in [5.74, 6) is 1.04. The van der Waals surface area contributed by atoms with Gasteiger partial charge in [-0.25, -0.2) is 0 Å². The van der Waals surface area contributed by atoms with Gasteiger partial charge in [0.1, 0.15) is 0 Å². The van der Waals surface area contributed by atoms with E-state index in [0.29, 0.717) is 25.0 Å². The molecule has 24 heavy (non-hydrogen) atoms. The number of esters is 1. The van der Waals surface area contributed by atoms with Crippen LogP contribution in [-0.2, 0) is 14.3 Å². The van der Waals surface area contributed by atoms with Crippen LogP contribution in [0.4, 0.5) is 0 Å². The van der Waals surface area contributed by atoms with Crippen molar-refractivity contribution >= 4 is 5.97 Å². The Morgan fingerprint density at radius 3 is 2.17 bits per heavy atom. The van der Waals surface area contributed by atoms with E-state index in [1.807, 2.05) is 0 Å². The van der Waals surface area contributed by atoms with Gasteiger partial charge in [-0.2, -0.15) is 0 Å². The number of ether oxygens (including phenoxy) is 2. The summed E-state index contributed by atoms with van der Waals surface area (Å²) in [6.45, 7) is 12.0. The molecular formula is C21H42O3. The van der Waals surface area contributed by atoms with Gasteiger partial charge in [0, 0.05) is 7.11 Å². The predicted molar refractivity (Wildman–Crippen MR) is 102 cm³/mol. The molecule has 0 N–H and O–H groups in total. The number of carbonyl (C=O) groups excluding carboxylic acids is 1. The third-order valence-electron chi connectivity index (χ3n) is 5.06. The molecule has 3 nitrogen and oxygen atoms in total. The summed E-state index contributed by atoms with van der Waals surface area (Å²) in [6, 6.07) is 0. The highest BCUT2D eigenvalue weighted by Gasteiger charge is 2.39. The van der Waals surface area contributed by atoms with Gasteiger partial charge in [0.15, 0.2) is 0 Å². The predicted octanol–water partition coefficient (Wildman–Crippen LogP) is 6.01. The Balaban J connectivity index is 4.90. The van der Waals surface area contributed by atoms with Gasteiger partial charge in [-0.15, -0.1) is 0 Å². The van der Waals surface area contributed by atoms with E-state index in [2.05, 4.69) is 34.6 Å². The Bertz CT molecular complexity index is 314. The van der Waals surface area contributed by atoms with Crippen molar-refractivity contribution in [3.63, 3.8) is 0 Å². The zero-order valence-corrected chi connectivity index (χ0v) is 17.2. The molecule has 0 heterocycles. The largest absolute Gasteiger partial charge is 0.465 e. The summed E-state index contributed by atoms with van der Waals surface area (Å²) < 4.78 is 11.3. The van der Waals surface area contributed by atoms with Gasteiger partial charge >= 0.3 is 5.97 Å². The molecule has 3 heteroatoms. The van der Waals surface area contributed by atoms with E-state index in [-0.39, 0.29) is 5.97 Å². The van der Waals surface area contributed by atoms with E-state index in [1.165, 1.54) is 12.8 Å². The monoisotopic (exact) mass is 342 g/mol. The molecule has 144 valence electrons. The van der Waals surface area contributed by atoms with Gasteiger partial charge in [-0.05, 0) is 37.5 Å². The number of unbranched alkanes of at least 4 members (excludes halogenated alkanes) is 2. The van der Waals surface area contributed by atoms with Crippen LogP contribution in [0.3, 0.4) is 0 Å². The van der Waals surface area contributed by atoms with Gasteiger partial charge in [0.25, 0.3) is 0 Å². The van der Waals surface area contributed by atoms with Crippen molar-refractivity contribution in [3.05, 3.63) is 0 Å². The number of rotatable bonds is 15. The number of hydrogen-bond acceptors (Lipinski definition) is 3. The Morgan fingerprint density at radius 1 is 1.00 bits per heavy atom. The Labute approximate surface area is 150 Å². The van der Waals surface area contributed by atoms with Crippen molar-refractivity contribution in [2.75, 3.05) is 20.3 Å². The molecular weight excluding hydrogens is 300 g/mol. The van der Waals surface area contributed by atoms with Crippen molar-refractivity contribution in [1.82, 2.24) is 0 Å². The van der Waals surface area contributed by atoms with Crippen LogP contribution in [0.2, 0.25) is 0 Å². The van der Waals surface area contributed by atoms with Crippen LogP contribution < -0.4 is 0 Å². The second-order valence-corrected chi connectivity index (χ2v) is 7.76. The van der Waals surface area contributed by atoms with Crippen LogP contribution in [0, 0.1) is 17.3 Å². The first-order valence-electron chi connectivity index (χ1n) is 10.1. The molecule has 0 saturated heterocycles. The molecule has 0 amide bonds. The number of methoxy groups -OCH3 is 1. The van der Waals surface area contributed by atoms with Crippen molar-refractivity contribution in [1.29, 1.82) is 0 Å². The Hall–Kier alpha value is -0.570. The minimum Gasteiger partial charge on any atom is -0.465 e. The van der Waals surface area contributed by atoms with Crippen LogP contribution in [-0.4, -0.2) is 26.3 Å². The van der Waals surface area contributed by atoms with E-state index in [0.717, 1.165) is 44.9 Å². The van der Waals surface area contributed by atoms with Crippen LogP contribution in [0.5, 0.6) is 0 Å². The minimum atomic E-state index is -0.460. The van der Waals surface area contributed by atoms with E-state index < -0.39 is 5.41 Å². The van der Waals surface area contributed by atoms with Crippen LogP contribution in [0.1, 0.15) is 92.4 Å². The van der Waals surface area contributed by atoms with Crippen molar-refractivity contribution in [3.8, 4) is 0 Å². The van der Waals surface area contributed by atoms with Gasteiger partial charge in [0.05, 0.1) is 18.6 Å². The van der Waals surface area contributed by atoms with Crippen molar-refractivity contribution < 1.29 is 14.3 Å². The Kier molecular flexibility index (Phi) is 13.4. The molecule has 0 radical (unpaired) electrons. The zero-order valence-electron chi connectivity index (χ0n) is 17.2. The first kappa shape index (κ1) is 23.4. The maximum atomic E-state index is 13.0. The maximum Gasteiger partial charge on any atom is 0.314 e. The fourth-order valence-corrected chi connectivity index (χ4v) is 3.13. The average molecular weight is 343 g/mol. The fraction of sp³-hybridized carbons (Fsp3) is 0.952. The molecule has 0 aromatic carbocycles.